The Hall–Kier alpha value is -1.62. The van der Waals surface area contributed by atoms with Crippen LogP contribution in [-0.4, -0.2) is 17.1 Å². The molecular formula is C12H12N4S. The Balaban J connectivity index is 1.84. The van der Waals surface area contributed by atoms with Gasteiger partial charge in [-0.05, 0) is 6.07 Å². The SMILES string of the molecule is C=CCSC1=N[C@@H]2Nc3ccccc3[C@H]2N=N1. The van der Waals surface area contributed by atoms with E-state index in [1.807, 2.05) is 18.2 Å². The molecule has 1 aromatic carbocycles. The maximum absolute atomic E-state index is 4.56. The van der Waals surface area contributed by atoms with E-state index in [4.69, 9.17) is 0 Å². The predicted octanol–water partition coefficient (Wildman–Crippen LogP) is 3.22. The first-order valence-corrected chi connectivity index (χ1v) is 6.45. The minimum absolute atomic E-state index is 0.00258. The predicted molar refractivity (Wildman–Crippen MR) is 71.5 cm³/mol. The van der Waals surface area contributed by atoms with Crippen LogP contribution in [0.4, 0.5) is 5.69 Å². The molecule has 1 N–H and O–H groups in total. The van der Waals surface area contributed by atoms with Crippen LogP contribution in [0.25, 0.3) is 0 Å². The fourth-order valence-corrected chi connectivity index (χ4v) is 2.54. The lowest BCUT2D eigenvalue weighted by atomic mass is 10.1. The molecule has 17 heavy (non-hydrogen) atoms. The van der Waals surface area contributed by atoms with Crippen LogP contribution in [0.1, 0.15) is 11.6 Å². The molecule has 2 aliphatic heterocycles. The van der Waals surface area contributed by atoms with Crippen LogP contribution in [0.15, 0.2) is 52.1 Å². The first kappa shape index (κ1) is 10.5. The van der Waals surface area contributed by atoms with Crippen LogP contribution < -0.4 is 5.32 Å². The third-order valence-corrected chi connectivity index (χ3v) is 3.58. The second kappa shape index (κ2) is 4.33. The Morgan fingerprint density at radius 3 is 3.18 bits per heavy atom. The maximum atomic E-state index is 4.56. The summed E-state index contributed by atoms with van der Waals surface area (Å²) >= 11 is 1.56. The van der Waals surface area contributed by atoms with E-state index in [0.29, 0.717) is 0 Å². The molecule has 3 rings (SSSR count). The number of thioether (sulfide) groups is 1. The fourth-order valence-electron chi connectivity index (χ4n) is 1.98. The molecule has 2 heterocycles. The molecule has 0 saturated heterocycles. The third-order valence-electron chi connectivity index (χ3n) is 2.73. The van der Waals surface area contributed by atoms with Crippen molar-refractivity contribution in [1.29, 1.82) is 0 Å². The first-order valence-electron chi connectivity index (χ1n) is 5.46. The standard InChI is InChI=1S/C12H12N4S/c1-2-7-17-12-14-11-10(15-16-12)8-5-3-4-6-9(8)13-11/h2-6,10-11,13H,1,7H2/t10-,11+/m1/s1. The molecule has 5 heteroatoms. The number of hydrogen-bond donors (Lipinski definition) is 1. The van der Waals surface area contributed by atoms with E-state index in [2.05, 4.69) is 39.2 Å². The van der Waals surface area contributed by atoms with Crippen molar-refractivity contribution in [1.82, 2.24) is 0 Å². The number of azo groups is 1. The van der Waals surface area contributed by atoms with Crippen molar-refractivity contribution in [3.05, 3.63) is 42.5 Å². The van der Waals surface area contributed by atoms with Crippen molar-refractivity contribution in [2.24, 2.45) is 15.2 Å². The van der Waals surface area contributed by atoms with Crippen molar-refractivity contribution in [3.63, 3.8) is 0 Å². The summed E-state index contributed by atoms with van der Waals surface area (Å²) in [6.45, 7) is 3.68. The topological polar surface area (TPSA) is 49.1 Å². The number of para-hydroxylation sites is 1. The summed E-state index contributed by atoms with van der Waals surface area (Å²) in [7, 11) is 0. The first-order chi connectivity index (χ1) is 8.38. The summed E-state index contributed by atoms with van der Waals surface area (Å²) < 4.78 is 0. The summed E-state index contributed by atoms with van der Waals surface area (Å²) in [4.78, 5) is 4.56. The van der Waals surface area contributed by atoms with Gasteiger partial charge in [-0.25, -0.2) is 4.99 Å². The van der Waals surface area contributed by atoms with Gasteiger partial charge in [0.25, 0.3) is 0 Å². The zero-order valence-electron chi connectivity index (χ0n) is 9.21. The maximum Gasteiger partial charge on any atom is 0.206 e. The van der Waals surface area contributed by atoms with Crippen LogP contribution in [0, 0.1) is 0 Å². The lowest BCUT2D eigenvalue weighted by molar-refractivity contribution is 0.600. The van der Waals surface area contributed by atoms with Crippen molar-refractivity contribution in [3.8, 4) is 0 Å². The minimum Gasteiger partial charge on any atom is -0.361 e. The molecule has 86 valence electrons. The van der Waals surface area contributed by atoms with E-state index in [1.54, 1.807) is 11.8 Å². The van der Waals surface area contributed by atoms with Crippen LogP contribution in [-0.2, 0) is 0 Å². The summed E-state index contributed by atoms with van der Waals surface area (Å²) in [5.41, 5.74) is 2.29. The van der Waals surface area contributed by atoms with E-state index < -0.39 is 0 Å². The van der Waals surface area contributed by atoms with Crippen molar-refractivity contribution < 1.29 is 0 Å². The largest absolute Gasteiger partial charge is 0.361 e. The van der Waals surface area contributed by atoms with E-state index >= 15 is 0 Å². The Kier molecular flexibility index (Phi) is 2.68. The van der Waals surface area contributed by atoms with Crippen molar-refractivity contribution >= 4 is 22.6 Å². The molecule has 0 saturated carbocycles. The van der Waals surface area contributed by atoms with Gasteiger partial charge in [-0.3, -0.25) is 0 Å². The molecule has 2 atom stereocenters. The molecule has 4 nitrogen and oxygen atoms in total. The third kappa shape index (κ3) is 1.86. The average molecular weight is 244 g/mol. The van der Waals surface area contributed by atoms with Gasteiger partial charge in [0.1, 0.15) is 6.04 Å². The molecule has 1 aromatic rings. The van der Waals surface area contributed by atoms with Gasteiger partial charge in [0, 0.05) is 17.0 Å². The van der Waals surface area contributed by atoms with Gasteiger partial charge < -0.3 is 5.32 Å². The molecule has 0 unspecified atom stereocenters. The quantitative estimate of drug-likeness (QED) is 0.812. The second-order valence-corrected chi connectivity index (χ2v) is 4.84. The summed E-state index contributed by atoms with van der Waals surface area (Å²) in [5, 5.41) is 12.6. The lowest BCUT2D eigenvalue weighted by Crippen LogP contribution is -2.20. The van der Waals surface area contributed by atoms with Gasteiger partial charge in [-0.2, -0.15) is 5.11 Å². The molecule has 0 radical (unpaired) electrons. The Morgan fingerprint density at radius 1 is 1.41 bits per heavy atom. The minimum atomic E-state index is -0.00258. The number of aliphatic imine (C=N–C) groups is 1. The highest BCUT2D eigenvalue weighted by Crippen LogP contribution is 2.39. The Morgan fingerprint density at radius 2 is 2.29 bits per heavy atom. The van der Waals surface area contributed by atoms with Gasteiger partial charge in [-0.1, -0.05) is 36.0 Å². The molecule has 2 aliphatic rings. The van der Waals surface area contributed by atoms with Crippen LogP contribution in [0.5, 0.6) is 0 Å². The fraction of sp³-hybridized carbons (Fsp3) is 0.250. The normalized spacial score (nSPS) is 24.6. The van der Waals surface area contributed by atoms with E-state index in [9.17, 15) is 0 Å². The number of benzene rings is 1. The number of amidine groups is 1. The lowest BCUT2D eigenvalue weighted by Gasteiger charge is -2.16. The molecule has 0 spiro atoms. The summed E-state index contributed by atoms with van der Waals surface area (Å²) in [5.74, 6) is 0.808. The van der Waals surface area contributed by atoms with Gasteiger partial charge in [0.15, 0.2) is 6.17 Å². The van der Waals surface area contributed by atoms with E-state index in [-0.39, 0.29) is 12.2 Å². The zero-order chi connectivity index (χ0) is 11.7. The number of nitrogens with one attached hydrogen (secondary N) is 1. The van der Waals surface area contributed by atoms with E-state index in [1.165, 1.54) is 5.56 Å². The molecular weight excluding hydrogens is 232 g/mol. The van der Waals surface area contributed by atoms with Crippen LogP contribution >= 0.6 is 11.8 Å². The second-order valence-electron chi connectivity index (χ2n) is 3.85. The summed E-state index contributed by atoms with van der Waals surface area (Å²) in [6.07, 6.45) is 1.84. The van der Waals surface area contributed by atoms with E-state index in [0.717, 1.165) is 16.6 Å². The molecule has 0 aliphatic carbocycles. The van der Waals surface area contributed by atoms with Crippen molar-refractivity contribution in [2.75, 3.05) is 11.1 Å². The van der Waals surface area contributed by atoms with Gasteiger partial charge in [-0.15, -0.1) is 11.7 Å². The monoisotopic (exact) mass is 244 g/mol. The zero-order valence-corrected chi connectivity index (χ0v) is 10.0. The van der Waals surface area contributed by atoms with Crippen molar-refractivity contribution in [2.45, 2.75) is 12.2 Å². The molecule has 0 fully saturated rings. The highest BCUT2D eigenvalue weighted by molar-refractivity contribution is 8.14. The highest BCUT2D eigenvalue weighted by atomic mass is 32.2. The number of fused-ring (bicyclic) bond motifs is 3. The number of anilines is 1. The number of rotatable bonds is 2. The molecule has 0 amide bonds. The van der Waals surface area contributed by atoms with Gasteiger partial charge >= 0.3 is 0 Å². The Labute approximate surface area is 104 Å². The van der Waals surface area contributed by atoms with Crippen LogP contribution in [0.3, 0.4) is 0 Å². The van der Waals surface area contributed by atoms with Gasteiger partial charge in [0.2, 0.25) is 5.17 Å². The highest BCUT2D eigenvalue weighted by Gasteiger charge is 2.34. The molecule has 0 bridgehead atoms. The summed E-state index contributed by atoms with van der Waals surface area (Å²) in [6, 6.07) is 8.18. The van der Waals surface area contributed by atoms with Crippen LogP contribution in [0.2, 0.25) is 0 Å². The smallest absolute Gasteiger partial charge is 0.206 e. The number of nitrogens with zero attached hydrogens (tertiary/aromatic N) is 3. The average Bonchev–Trinajstić information content (AvgIpc) is 2.74. The molecule has 0 aromatic heterocycles. The van der Waals surface area contributed by atoms with Gasteiger partial charge in [0.05, 0.1) is 0 Å². The number of hydrogen-bond acceptors (Lipinski definition) is 5. The Bertz CT molecular complexity index is 509.